The van der Waals surface area contributed by atoms with Crippen LogP contribution in [0.2, 0.25) is 5.02 Å². The van der Waals surface area contributed by atoms with Crippen molar-refractivity contribution in [2.24, 2.45) is 16.8 Å². The Morgan fingerprint density at radius 3 is 2.96 bits per heavy atom. The Hall–Kier alpha value is -2.20. The summed E-state index contributed by atoms with van der Waals surface area (Å²) in [5, 5.41) is 0.617. The highest BCUT2D eigenvalue weighted by Crippen LogP contribution is 2.35. The summed E-state index contributed by atoms with van der Waals surface area (Å²) in [6.07, 6.45) is 7.13. The Bertz CT molecular complexity index is 907. The fraction of sp³-hybridized carbons (Fsp3) is 0.263. The molecule has 1 aromatic heterocycles. The molecule has 122 valence electrons. The second-order valence-electron chi connectivity index (χ2n) is 6.27. The summed E-state index contributed by atoms with van der Waals surface area (Å²) in [6.45, 7) is 4.44. The normalized spacial score (nSPS) is 22.3. The lowest BCUT2D eigenvalue weighted by atomic mass is 9.82. The number of fused-ring (bicyclic) bond motifs is 3. The van der Waals surface area contributed by atoms with Crippen molar-refractivity contribution in [3.8, 4) is 5.69 Å². The molecule has 0 saturated carbocycles. The van der Waals surface area contributed by atoms with Gasteiger partial charge in [0.25, 0.3) is 0 Å². The van der Waals surface area contributed by atoms with Crippen LogP contribution in [0.25, 0.3) is 5.69 Å². The molecule has 2 heterocycles. The molecule has 5 heteroatoms. The molecule has 2 unspecified atom stereocenters. The van der Waals surface area contributed by atoms with Gasteiger partial charge < -0.3 is 0 Å². The lowest BCUT2D eigenvalue weighted by Gasteiger charge is -2.25. The van der Waals surface area contributed by atoms with Crippen LogP contribution in [-0.4, -0.2) is 15.3 Å². The lowest BCUT2D eigenvalue weighted by Crippen LogP contribution is -2.25. The molecule has 1 aliphatic carbocycles. The third-order valence-corrected chi connectivity index (χ3v) is 4.92. The molecule has 1 aliphatic heterocycles. The molecule has 0 amide bonds. The van der Waals surface area contributed by atoms with E-state index in [4.69, 9.17) is 16.6 Å². The molecule has 0 bridgehead atoms. The van der Waals surface area contributed by atoms with Crippen molar-refractivity contribution in [1.82, 2.24) is 9.55 Å². The quantitative estimate of drug-likeness (QED) is 0.732. The van der Waals surface area contributed by atoms with E-state index in [0.717, 1.165) is 28.5 Å². The van der Waals surface area contributed by atoms with E-state index in [-0.39, 0.29) is 17.7 Å². The minimum absolute atomic E-state index is 0.0391. The highest BCUT2D eigenvalue weighted by Gasteiger charge is 2.32. The van der Waals surface area contributed by atoms with E-state index in [2.05, 4.69) is 9.55 Å². The van der Waals surface area contributed by atoms with Crippen LogP contribution in [0.3, 0.4) is 0 Å². The lowest BCUT2D eigenvalue weighted by molar-refractivity contribution is 0.472. The highest BCUT2D eigenvalue weighted by molar-refractivity contribution is 6.31. The second-order valence-corrected chi connectivity index (χ2v) is 6.70. The fourth-order valence-electron chi connectivity index (χ4n) is 3.53. The van der Waals surface area contributed by atoms with Gasteiger partial charge in [-0.3, -0.25) is 9.56 Å². The van der Waals surface area contributed by atoms with Crippen molar-refractivity contribution in [3.05, 3.63) is 70.6 Å². The molecule has 0 spiro atoms. The zero-order chi connectivity index (χ0) is 16.8. The number of benzene rings is 1. The maximum Gasteiger partial charge on any atom is 0.110 e. The molecule has 2 atom stereocenters. The molecule has 2 aliphatic rings. The Labute approximate surface area is 145 Å². The van der Waals surface area contributed by atoms with Gasteiger partial charge >= 0.3 is 0 Å². The minimum atomic E-state index is -0.384. The van der Waals surface area contributed by atoms with Crippen LogP contribution in [-0.2, 0) is 6.54 Å². The molecular formula is C19H17ClFN3. The first-order valence-corrected chi connectivity index (χ1v) is 8.36. The van der Waals surface area contributed by atoms with Crippen LogP contribution in [0.4, 0.5) is 4.39 Å². The molecule has 0 saturated heterocycles. The predicted molar refractivity (Wildman–Crippen MR) is 94.5 cm³/mol. The monoisotopic (exact) mass is 341 g/mol. The molecule has 0 fully saturated rings. The smallest absolute Gasteiger partial charge is 0.110 e. The van der Waals surface area contributed by atoms with Gasteiger partial charge in [0.15, 0.2) is 0 Å². The Morgan fingerprint density at radius 1 is 1.33 bits per heavy atom. The Kier molecular flexibility index (Phi) is 3.65. The van der Waals surface area contributed by atoms with Crippen molar-refractivity contribution < 1.29 is 4.39 Å². The standard InChI is InChI=1S/C19H17ClFN3/c1-11-4-3-5-16(21)18(11)19-15-8-13(20)6-7-17(15)24-12(2)22-9-14(24)10-23-19/h3-9,11,18H,10H2,1-2H3. The van der Waals surface area contributed by atoms with E-state index in [9.17, 15) is 4.39 Å². The molecule has 24 heavy (non-hydrogen) atoms. The van der Waals surface area contributed by atoms with Crippen LogP contribution in [0.15, 0.2) is 53.4 Å². The number of imidazole rings is 1. The number of hydrogen-bond acceptors (Lipinski definition) is 2. The van der Waals surface area contributed by atoms with Gasteiger partial charge in [0, 0.05) is 10.6 Å². The number of aromatic nitrogens is 2. The number of aliphatic imine (C=N–C) groups is 1. The fourth-order valence-corrected chi connectivity index (χ4v) is 3.70. The van der Waals surface area contributed by atoms with Crippen LogP contribution in [0.5, 0.6) is 0 Å². The second kappa shape index (κ2) is 5.71. The number of halogens is 2. The SMILES string of the molecule is Cc1ncc2n1-c1ccc(Cl)cc1C(C1C(F)=CC=CC1C)=NC2. The van der Waals surface area contributed by atoms with Crippen molar-refractivity contribution in [2.45, 2.75) is 20.4 Å². The summed E-state index contributed by atoms with van der Waals surface area (Å²) in [4.78, 5) is 9.16. The Balaban J connectivity index is 1.95. The van der Waals surface area contributed by atoms with Gasteiger partial charge in [-0.05, 0) is 37.1 Å². The summed E-state index contributed by atoms with van der Waals surface area (Å²) in [5.41, 5.74) is 3.57. The number of rotatable bonds is 1. The number of hydrogen-bond donors (Lipinski definition) is 0. The highest BCUT2D eigenvalue weighted by atomic mass is 35.5. The van der Waals surface area contributed by atoms with E-state index < -0.39 is 0 Å². The molecule has 0 N–H and O–H groups in total. The van der Waals surface area contributed by atoms with Crippen LogP contribution in [0.1, 0.15) is 24.0 Å². The van der Waals surface area contributed by atoms with Crippen molar-refractivity contribution in [2.75, 3.05) is 0 Å². The van der Waals surface area contributed by atoms with Crippen LogP contribution in [0, 0.1) is 18.8 Å². The maximum atomic E-state index is 14.6. The molecule has 0 radical (unpaired) electrons. The van der Waals surface area contributed by atoms with E-state index in [1.54, 1.807) is 6.08 Å². The first-order chi connectivity index (χ1) is 11.6. The van der Waals surface area contributed by atoms with E-state index in [0.29, 0.717) is 11.6 Å². The third kappa shape index (κ3) is 2.33. The molecule has 2 aromatic rings. The average Bonchev–Trinajstić information content (AvgIpc) is 2.83. The first-order valence-electron chi connectivity index (χ1n) is 7.98. The number of aryl methyl sites for hydroxylation is 1. The molecule has 1 aromatic carbocycles. The molecule has 3 nitrogen and oxygen atoms in total. The maximum absolute atomic E-state index is 14.6. The van der Waals surface area contributed by atoms with Gasteiger partial charge in [-0.25, -0.2) is 9.37 Å². The predicted octanol–water partition coefficient (Wildman–Crippen LogP) is 4.81. The van der Waals surface area contributed by atoms with Crippen molar-refractivity contribution in [1.29, 1.82) is 0 Å². The van der Waals surface area contributed by atoms with Gasteiger partial charge in [-0.15, -0.1) is 0 Å². The summed E-state index contributed by atoms with van der Waals surface area (Å²) < 4.78 is 16.7. The topological polar surface area (TPSA) is 30.2 Å². The van der Waals surface area contributed by atoms with E-state index in [1.165, 1.54) is 6.08 Å². The summed E-state index contributed by atoms with van der Waals surface area (Å²) >= 11 is 6.25. The number of nitrogens with zero attached hydrogens (tertiary/aromatic N) is 3. The minimum Gasteiger partial charge on any atom is -0.298 e. The first kappa shape index (κ1) is 15.3. The van der Waals surface area contributed by atoms with Gasteiger partial charge in [0.2, 0.25) is 0 Å². The Morgan fingerprint density at radius 2 is 2.17 bits per heavy atom. The zero-order valence-corrected chi connectivity index (χ0v) is 14.3. The van der Waals surface area contributed by atoms with Crippen molar-refractivity contribution in [3.63, 3.8) is 0 Å². The summed E-state index contributed by atoms with van der Waals surface area (Å²) in [6, 6.07) is 5.69. The average molecular weight is 342 g/mol. The van der Waals surface area contributed by atoms with Gasteiger partial charge in [0.1, 0.15) is 11.7 Å². The third-order valence-electron chi connectivity index (χ3n) is 4.69. The van der Waals surface area contributed by atoms with Crippen LogP contribution < -0.4 is 0 Å². The molecular weight excluding hydrogens is 325 g/mol. The van der Waals surface area contributed by atoms with Gasteiger partial charge in [0.05, 0.1) is 35.8 Å². The zero-order valence-electron chi connectivity index (χ0n) is 13.5. The van der Waals surface area contributed by atoms with E-state index >= 15 is 0 Å². The number of allylic oxidation sites excluding steroid dienone is 4. The molecule has 4 rings (SSSR count). The summed E-state index contributed by atoms with van der Waals surface area (Å²) in [5.74, 6) is 0.385. The van der Waals surface area contributed by atoms with Gasteiger partial charge in [-0.1, -0.05) is 30.7 Å². The largest absolute Gasteiger partial charge is 0.298 e. The summed E-state index contributed by atoms with van der Waals surface area (Å²) in [7, 11) is 0. The van der Waals surface area contributed by atoms with E-state index in [1.807, 2.05) is 44.3 Å². The van der Waals surface area contributed by atoms with Crippen LogP contribution >= 0.6 is 11.6 Å². The van der Waals surface area contributed by atoms with Gasteiger partial charge in [-0.2, -0.15) is 0 Å². The van der Waals surface area contributed by atoms with Crippen molar-refractivity contribution >= 4 is 17.3 Å².